The molecule has 0 unspecified atom stereocenters. The Morgan fingerprint density at radius 3 is 2.94 bits per heavy atom. The molecule has 0 spiro atoms. The van der Waals surface area contributed by atoms with E-state index in [-0.39, 0.29) is 5.97 Å². The van der Waals surface area contributed by atoms with Crippen molar-refractivity contribution in [2.75, 3.05) is 13.2 Å². The smallest absolute Gasteiger partial charge is 0.316 e. The predicted molar refractivity (Wildman–Crippen MR) is 67.8 cm³/mol. The Hall–Kier alpha value is -1.51. The minimum atomic E-state index is -0.439. The fraction of sp³-hybridized carbons (Fsp3) is 0.533. The highest BCUT2D eigenvalue weighted by Crippen LogP contribution is 2.49. The minimum Gasteiger partial charge on any atom is -0.493 e. The van der Waals surface area contributed by atoms with Gasteiger partial charge in [0.2, 0.25) is 0 Å². The van der Waals surface area contributed by atoms with Crippen molar-refractivity contribution >= 4 is 5.97 Å². The Labute approximate surface area is 107 Å². The minimum absolute atomic E-state index is 0.0832. The molecule has 96 valence electrons. The molecule has 0 aromatic heterocycles. The molecule has 18 heavy (non-hydrogen) atoms. The molecular formula is C15H18O3. The number of hydrogen-bond donors (Lipinski definition) is 0. The average molecular weight is 246 g/mol. The van der Waals surface area contributed by atoms with E-state index in [9.17, 15) is 4.79 Å². The summed E-state index contributed by atoms with van der Waals surface area (Å²) in [5.41, 5.74) is 1.83. The molecule has 1 saturated carbocycles. The largest absolute Gasteiger partial charge is 0.493 e. The summed E-state index contributed by atoms with van der Waals surface area (Å²) in [6.07, 6.45) is 3.79. The standard InChI is InChI=1S/C15H18O3/c1-2-17-14(16)15(8-4-9-15)12-6-3-5-11-7-10-18-13(11)12/h3,5-6H,2,4,7-10H2,1H3. The van der Waals surface area contributed by atoms with Gasteiger partial charge in [0.05, 0.1) is 18.6 Å². The number of para-hydroxylation sites is 1. The highest BCUT2D eigenvalue weighted by molar-refractivity contribution is 5.85. The van der Waals surface area contributed by atoms with Gasteiger partial charge in [-0.25, -0.2) is 0 Å². The molecule has 1 aromatic carbocycles. The molecule has 0 saturated heterocycles. The van der Waals surface area contributed by atoms with Gasteiger partial charge >= 0.3 is 5.97 Å². The van der Waals surface area contributed by atoms with Gasteiger partial charge in [0.25, 0.3) is 0 Å². The van der Waals surface area contributed by atoms with Crippen LogP contribution in [0.3, 0.4) is 0 Å². The fourth-order valence-electron chi connectivity index (χ4n) is 2.98. The third-order valence-corrected chi connectivity index (χ3v) is 4.10. The number of carbonyl (C=O) groups excluding carboxylic acids is 1. The molecular weight excluding hydrogens is 228 g/mol. The van der Waals surface area contributed by atoms with Crippen molar-refractivity contribution in [3.8, 4) is 5.75 Å². The van der Waals surface area contributed by atoms with Crippen LogP contribution in [0.15, 0.2) is 18.2 Å². The lowest BCUT2D eigenvalue weighted by atomic mass is 9.64. The third kappa shape index (κ3) is 1.53. The topological polar surface area (TPSA) is 35.5 Å². The zero-order valence-electron chi connectivity index (χ0n) is 10.7. The highest BCUT2D eigenvalue weighted by Gasteiger charge is 2.49. The van der Waals surface area contributed by atoms with E-state index in [0.29, 0.717) is 6.61 Å². The number of fused-ring (bicyclic) bond motifs is 1. The van der Waals surface area contributed by atoms with Crippen molar-refractivity contribution in [2.24, 2.45) is 0 Å². The summed E-state index contributed by atoms with van der Waals surface area (Å²) >= 11 is 0. The molecule has 0 radical (unpaired) electrons. The molecule has 0 N–H and O–H groups in total. The lowest BCUT2D eigenvalue weighted by Gasteiger charge is -2.40. The zero-order chi connectivity index (χ0) is 12.6. The van der Waals surface area contributed by atoms with Crippen LogP contribution >= 0.6 is 0 Å². The number of esters is 1. The molecule has 2 aliphatic rings. The van der Waals surface area contributed by atoms with Crippen LogP contribution < -0.4 is 4.74 Å². The molecule has 1 aliphatic carbocycles. The lowest BCUT2D eigenvalue weighted by Crippen LogP contribution is -2.43. The van der Waals surface area contributed by atoms with Gasteiger partial charge in [-0.3, -0.25) is 4.79 Å². The van der Waals surface area contributed by atoms with Gasteiger partial charge in [0.15, 0.2) is 0 Å². The van der Waals surface area contributed by atoms with Gasteiger partial charge in [0.1, 0.15) is 5.75 Å². The quantitative estimate of drug-likeness (QED) is 0.769. The first-order valence-electron chi connectivity index (χ1n) is 6.70. The summed E-state index contributed by atoms with van der Waals surface area (Å²) in [6, 6.07) is 6.14. The maximum atomic E-state index is 12.3. The Morgan fingerprint density at radius 2 is 2.28 bits per heavy atom. The summed E-state index contributed by atoms with van der Waals surface area (Å²) < 4.78 is 11.0. The molecule has 3 rings (SSSR count). The van der Waals surface area contributed by atoms with E-state index in [2.05, 4.69) is 6.07 Å². The Bertz CT molecular complexity index is 475. The molecule has 0 amide bonds. The SMILES string of the molecule is CCOC(=O)C1(c2cccc3c2OCC3)CCC1. The first-order chi connectivity index (χ1) is 8.78. The van der Waals surface area contributed by atoms with Gasteiger partial charge < -0.3 is 9.47 Å². The van der Waals surface area contributed by atoms with Crippen LogP contribution in [0.1, 0.15) is 37.3 Å². The van der Waals surface area contributed by atoms with Crippen molar-refractivity contribution in [2.45, 2.75) is 38.0 Å². The molecule has 1 aliphatic heterocycles. The first kappa shape index (κ1) is 11.6. The van der Waals surface area contributed by atoms with Crippen LogP contribution in [0.5, 0.6) is 5.75 Å². The van der Waals surface area contributed by atoms with Gasteiger partial charge in [-0.15, -0.1) is 0 Å². The molecule has 0 atom stereocenters. The molecule has 3 nitrogen and oxygen atoms in total. The van der Waals surface area contributed by atoms with Crippen molar-refractivity contribution < 1.29 is 14.3 Å². The number of benzene rings is 1. The maximum Gasteiger partial charge on any atom is 0.316 e. The monoisotopic (exact) mass is 246 g/mol. The second-order valence-corrected chi connectivity index (χ2v) is 5.05. The van der Waals surface area contributed by atoms with Crippen molar-refractivity contribution in [3.05, 3.63) is 29.3 Å². The highest BCUT2D eigenvalue weighted by atomic mass is 16.5. The molecule has 3 heteroatoms. The van der Waals surface area contributed by atoms with Crippen LogP contribution in [0, 0.1) is 0 Å². The first-order valence-corrected chi connectivity index (χ1v) is 6.70. The third-order valence-electron chi connectivity index (χ3n) is 4.10. The van der Waals surface area contributed by atoms with E-state index < -0.39 is 5.41 Å². The number of hydrogen-bond acceptors (Lipinski definition) is 3. The molecule has 1 fully saturated rings. The van der Waals surface area contributed by atoms with Crippen LogP contribution in [0.4, 0.5) is 0 Å². The van der Waals surface area contributed by atoms with Crippen LogP contribution in [0.2, 0.25) is 0 Å². The van der Waals surface area contributed by atoms with E-state index in [1.807, 2.05) is 19.1 Å². The fourth-order valence-corrected chi connectivity index (χ4v) is 2.98. The second kappa shape index (κ2) is 4.30. The van der Waals surface area contributed by atoms with Gasteiger partial charge in [-0.2, -0.15) is 0 Å². The number of rotatable bonds is 3. The van der Waals surface area contributed by atoms with Crippen molar-refractivity contribution in [3.63, 3.8) is 0 Å². The van der Waals surface area contributed by atoms with E-state index in [0.717, 1.165) is 43.6 Å². The van der Waals surface area contributed by atoms with Crippen LogP contribution in [0.25, 0.3) is 0 Å². The normalized spacial score (nSPS) is 19.6. The van der Waals surface area contributed by atoms with Crippen LogP contribution in [-0.2, 0) is 21.4 Å². The van der Waals surface area contributed by atoms with Gasteiger partial charge in [-0.05, 0) is 25.3 Å². The Balaban J connectivity index is 2.02. The van der Waals surface area contributed by atoms with Crippen molar-refractivity contribution in [1.82, 2.24) is 0 Å². The summed E-state index contributed by atoms with van der Waals surface area (Å²) in [5, 5.41) is 0. The number of carbonyl (C=O) groups is 1. The van der Waals surface area contributed by atoms with Gasteiger partial charge in [-0.1, -0.05) is 24.6 Å². The average Bonchev–Trinajstić information content (AvgIpc) is 2.76. The molecule has 1 aromatic rings. The van der Waals surface area contributed by atoms with Gasteiger partial charge in [0, 0.05) is 12.0 Å². The van der Waals surface area contributed by atoms with E-state index in [1.54, 1.807) is 0 Å². The Morgan fingerprint density at radius 1 is 1.44 bits per heavy atom. The van der Waals surface area contributed by atoms with Crippen molar-refractivity contribution in [1.29, 1.82) is 0 Å². The van der Waals surface area contributed by atoms with E-state index >= 15 is 0 Å². The van der Waals surface area contributed by atoms with E-state index in [1.165, 1.54) is 5.56 Å². The summed E-state index contributed by atoms with van der Waals surface area (Å²) in [4.78, 5) is 12.3. The summed E-state index contributed by atoms with van der Waals surface area (Å²) in [5.74, 6) is 0.852. The second-order valence-electron chi connectivity index (χ2n) is 5.05. The van der Waals surface area contributed by atoms with Crippen LogP contribution in [-0.4, -0.2) is 19.2 Å². The summed E-state index contributed by atoms with van der Waals surface area (Å²) in [6.45, 7) is 3.03. The Kier molecular flexibility index (Phi) is 2.77. The maximum absolute atomic E-state index is 12.3. The predicted octanol–water partition coefficient (Wildman–Crippen LogP) is 2.61. The van der Waals surface area contributed by atoms with E-state index in [4.69, 9.17) is 9.47 Å². The molecule has 0 bridgehead atoms. The lowest BCUT2D eigenvalue weighted by molar-refractivity contribution is -0.154. The summed E-state index contributed by atoms with van der Waals surface area (Å²) in [7, 11) is 0. The number of ether oxygens (including phenoxy) is 2. The molecule has 1 heterocycles. The zero-order valence-corrected chi connectivity index (χ0v) is 10.7.